The normalized spacial score (nSPS) is 13.7. The molecule has 0 aliphatic carbocycles. The Morgan fingerprint density at radius 3 is 2.37 bits per heavy atom. The van der Waals surface area contributed by atoms with Gasteiger partial charge in [-0.3, -0.25) is 0 Å². The largest absolute Gasteiger partial charge is 0.493 e. The molecule has 35 heavy (non-hydrogen) atoms. The van der Waals surface area contributed by atoms with Crippen molar-refractivity contribution in [3.63, 3.8) is 0 Å². The molecule has 0 unspecified atom stereocenters. The lowest BCUT2D eigenvalue weighted by atomic mass is 10.1. The zero-order chi connectivity index (χ0) is 24.6. The Bertz CT molecular complexity index is 1190. The molecule has 3 aromatic rings. The van der Waals surface area contributed by atoms with Crippen molar-refractivity contribution in [2.24, 2.45) is 0 Å². The number of rotatable bonds is 9. The van der Waals surface area contributed by atoms with E-state index in [1.165, 1.54) is 6.42 Å². The van der Waals surface area contributed by atoms with E-state index < -0.39 is 0 Å². The maximum Gasteiger partial charge on any atom is 0.344 e. The Labute approximate surface area is 205 Å². The number of nitrogens with zero attached hydrogens (tertiary/aromatic N) is 3. The van der Waals surface area contributed by atoms with E-state index in [1.54, 1.807) is 21.1 Å². The van der Waals surface area contributed by atoms with Gasteiger partial charge in [0.05, 0.1) is 26.3 Å². The van der Waals surface area contributed by atoms with E-state index in [-0.39, 0.29) is 12.6 Å². The van der Waals surface area contributed by atoms with Gasteiger partial charge in [0.25, 0.3) is 0 Å². The molecule has 0 saturated carbocycles. The lowest BCUT2D eigenvalue weighted by Gasteiger charge is -2.29. The first-order valence-electron chi connectivity index (χ1n) is 11.9. The van der Waals surface area contributed by atoms with Crippen LogP contribution in [0.5, 0.6) is 17.2 Å². The van der Waals surface area contributed by atoms with Gasteiger partial charge in [-0.15, -0.1) is 0 Å². The van der Waals surface area contributed by atoms with Crippen molar-refractivity contribution in [2.45, 2.75) is 26.2 Å². The first-order chi connectivity index (χ1) is 17.1. The first-order valence-corrected chi connectivity index (χ1v) is 11.9. The molecule has 1 aliphatic heterocycles. The molecule has 2 heterocycles. The summed E-state index contributed by atoms with van der Waals surface area (Å²) in [5.74, 6) is 3.05. The summed E-state index contributed by atoms with van der Waals surface area (Å²) in [6.07, 6.45) is 7.39. The second kappa shape index (κ2) is 11.6. The lowest BCUT2D eigenvalue weighted by Crippen LogP contribution is -2.30. The smallest absolute Gasteiger partial charge is 0.344 e. The number of benzene rings is 2. The quantitative estimate of drug-likeness (QED) is 0.409. The predicted octanol–water partition coefficient (Wildman–Crippen LogP) is 4.75. The van der Waals surface area contributed by atoms with Crippen LogP contribution in [-0.2, 0) is 9.53 Å². The molecule has 0 amide bonds. The van der Waals surface area contributed by atoms with E-state index in [0.29, 0.717) is 29.7 Å². The molecular weight excluding hydrogens is 446 g/mol. The van der Waals surface area contributed by atoms with Gasteiger partial charge in [-0.25, -0.2) is 14.8 Å². The third kappa shape index (κ3) is 6.01. The predicted molar refractivity (Wildman–Crippen MR) is 136 cm³/mol. The van der Waals surface area contributed by atoms with Crippen LogP contribution in [-0.4, -0.2) is 56.5 Å². The Balaban J connectivity index is 1.60. The highest BCUT2D eigenvalue weighted by Crippen LogP contribution is 2.36. The van der Waals surface area contributed by atoms with Crippen LogP contribution in [0.15, 0.2) is 36.4 Å². The zero-order valence-corrected chi connectivity index (χ0v) is 20.5. The van der Waals surface area contributed by atoms with E-state index in [2.05, 4.69) is 4.90 Å². The van der Waals surface area contributed by atoms with Gasteiger partial charge in [0, 0.05) is 24.5 Å². The molecule has 0 atom stereocenters. The highest BCUT2D eigenvalue weighted by atomic mass is 16.6. The number of fused-ring (bicyclic) bond motifs is 1. The van der Waals surface area contributed by atoms with E-state index in [0.717, 1.165) is 48.2 Å². The van der Waals surface area contributed by atoms with E-state index in [1.807, 2.05) is 48.6 Å². The van der Waals surface area contributed by atoms with Crippen LogP contribution in [0.3, 0.4) is 0 Å². The molecule has 8 nitrogen and oxygen atoms in total. The number of hydrogen-bond donors (Lipinski definition) is 0. The van der Waals surface area contributed by atoms with Gasteiger partial charge < -0.3 is 23.8 Å². The summed E-state index contributed by atoms with van der Waals surface area (Å²) in [5, 5.41) is 0.949. The minimum absolute atomic E-state index is 0.110. The summed E-state index contributed by atoms with van der Waals surface area (Å²) < 4.78 is 21.4. The fourth-order valence-corrected chi connectivity index (χ4v) is 4.07. The summed E-state index contributed by atoms with van der Waals surface area (Å²) in [6, 6.07) is 11.3. The number of carbonyl (C=O) groups excluding carboxylic acids is 1. The molecular formula is C27H31N3O5. The maximum atomic E-state index is 11.5. The average Bonchev–Trinajstić information content (AvgIpc) is 2.90. The van der Waals surface area contributed by atoms with Crippen molar-refractivity contribution in [1.82, 2.24) is 9.97 Å². The van der Waals surface area contributed by atoms with E-state index in [4.69, 9.17) is 28.9 Å². The summed E-state index contributed by atoms with van der Waals surface area (Å²) in [7, 11) is 3.26. The number of anilines is 1. The second-order valence-electron chi connectivity index (χ2n) is 8.17. The maximum absolute atomic E-state index is 11.5. The summed E-state index contributed by atoms with van der Waals surface area (Å²) in [4.78, 5) is 23.5. The van der Waals surface area contributed by atoms with Crippen LogP contribution in [0.25, 0.3) is 23.1 Å². The van der Waals surface area contributed by atoms with Crippen molar-refractivity contribution < 1.29 is 23.7 Å². The van der Waals surface area contributed by atoms with Gasteiger partial charge in [-0.1, -0.05) is 18.2 Å². The topological polar surface area (TPSA) is 83.0 Å². The molecule has 8 heteroatoms. The molecule has 0 N–H and O–H groups in total. The molecule has 184 valence electrons. The summed E-state index contributed by atoms with van der Waals surface area (Å²) >= 11 is 0. The van der Waals surface area contributed by atoms with E-state index in [9.17, 15) is 4.79 Å². The van der Waals surface area contributed by atoms with Crippen molar-refractivity contribution in [2.75, 3.05) is 45.4 Å². The third-order valence-electron chi connectivity index (χ3n) is 5.82. The zero-order valence-electron chi connectivity index (χ0n) is 20.5. The Hall–Kier alpha value is -3.81. The lowest BCUT2D eigenvalue weighted by molar-refractivity contribution is -0.145. The Morgan fingerprint density at radius 1 is 0.971 bits per heavy atom. The standard InChI is InChI=1S/C27H31N3O5/c1-4-34-26(31)18-35-20-11-8-19(9-12-20)10-13-25-28-22-17-24(33-3)23(32-2)16-21(22)27(29-25)30-14-6-5-7-15-30/h8-13,16-17H,4-7,14-15,18H2,1-3H3/b13-10+. The van der Waals surface area contributed by atoms with Gasteiger partial charge in [0.2, 0.25) is 0 Å². The summed E-state index contributed by atoms with van der Waals surface area (Å²) in [5.41, 5.74) is 1.77. The van der Waals surface area contributed by atoms with Crippen LogP contribution < -0.4 is 19.1 Å². The average molecular weight is 478 g/mol. The molecule has 1 fully saturated rings. The van der Waals surface area contributed by atoms with Gasteiger partial charge in [0.1, 0.15) is 11.6 Å². The molecule has 1 aromatic heterocycles. The van der Waals surface area contributed by atoms with Gasteiger partial charge >= 0.3 is 5.97 Å². The molecule has 2 aromatic carbocycles. The third-order valence-corrected chi connectivity index (χ3v) is 5.82. The highest BCUT2D eigenvalue weighted by molar-refractivity contribution is 5.93. The Kier molecular flexibility index (Phi) is 8.03. The SMILES string of the molecule is CCOC(=O)COc1ccc(/C=C/c2nc(N3CCCCC3)c3cc(OC)c(OC)cc3n2)cc1. The van der Waals surface area contributed by atoms with Crippen LogP contribution in [0.4, 0.5) is 5.82 Å². The van der Waals surface area contributed by atoms with Gasteiger partial charge in [-0.05, 0) is 56.0 Å². The van der Waals surface area contributed by atoms with Gasteiger partial charge in [0.15, 0.2) is 23.9 Å². The minimum atomic E-state index is -0.385. The Morgan fingerprint density at radius 2 is 1.69 bits per heavy atom. The molecule has 1 saturated heterocycles. The first kappa shape index (κ1) is 24.3. The highest BCUT2D eigenvalue weighted by Gasteiger charge is 2.19. The van der Waals surface area contributed by atoms with Crippen molar-refractivity contribution >= 4 is 34.8 Å². The van der Waals surface area contributed by atoms with Crippen molar-refractivity contribution in [3.05, 3.63) is 47.8 Å². The number of piperidine rings is 1. The van der Waals surface area contributed by atoms with Crippen molar-refractivity contribution in [3.8, 4) is 17.2 Å². The van der Waals surface area contributed by atoms with Crippen LogP contribution in [0, 0.1) is 0 Å². The minimum Gasteiger partial charge on any atom is -0.493 e. The van der Waals surface area contributed by atoms with Crippen LogP contribution in [0.1, 0.15) is 37.6 Å². The fraction of sp³-hybridized carbons (Fsp3) is 0.370. The number of esters is 1. The van der Waals surface area contributed by atoms with Gasteiger partial charge in [-0.2, -0.15) is 0 Å². The number of hydrogen-bond acceptors (Lipinski definition) is 8. The molecule has 1 aliphatic rings. The number of aromatic nitrogens is 2. The van der Waals surface area contributed by atoms with Crippen LogP contribution in [0.2, 0.25) is 0 Å². The number of methoxy groups -OCH3 is 2. The molecule has 0 bridgehead atoms. The molecule has 0 radical (unpaired) electrons. The van der Waals surface area contributed by atoms with Crippen molar-refractivity contribution in [1.29, 1.82) is 0 Å². The monoisotopic (exact) mass is 477 g/mol. The van der Waals surface area contributed by atoms with E-state index >= 15 is 0 Å². The summed E-state index contributed by atoms with van der Waals surface area (Å²) in [6.45, 7) is 3.93. The molecule has 0 spiro atoms. The second-order valence-corrected chi connectivity index (χ2v) is 8.17. The number of ether oxygens (including phenoxy) is 4. The fourth-order valence-electron chi connectivity index (χ4n) is 4.07. The van der Waals surface area contributed by atoms with Crippen LogP contribution >= 0.6 is 0 Å². The number of carbonyl (C=O) groups is 1. The molecule has 4 rings (SSSR count).